The van der Waals surface area contributed by atoms with Crippen LogP contribution in [0.3, 0.4) is 0 Å². The van der Waals surface area contributed by atoms with E-state index in [9.17, 15) is 14.7 Å². The Morgan fingerprint density at radius 1 is 1.13 bits per heavy atom. The van der Waals surface area contributed by atoms with Gasteiger partial charge in [0.2, 0.25) is 5.91 Å². The van der Waals surface area contributed by atoms with Gasteiger partial charge in [0, 0.05) is 12.5 Å². The highest BCUT2D eigenvalue weighted by Crippen LogP contribution is 2.25. The van der Waals surface area contributed by atoms with Crippen LogP contribution in [0.15, 0.2) is 4.52 Å². The van der Waals surface area contributed by atoms with E-state index in [0.717, 1.165) is 32.1 Å². The molecule has 1 aliphatic carbocycles. The number of anilines is 1. The van der Waals surface area contributed by atoms with Crippen LogP contribution in [-0.2, 0) is 9.53 Å². The van der Waals surface area contributed by atoms with E-state index < -0.39 is 6.10 Å². The number of hydrogen-bond donors (Lipinski definition) is 4. The molecule has 0 spiro atoms. The smallest absolute Gasteiger partial charge is 0.319 e. The number of nitrogens with zero attached hydrogens (tertiary/aromatic N) is 1. The van der Waals surface area contributed by atoms with Crippen LogP contribution >= 0.6 is 0 Å². The zero-order valence-corrected chi connectivity index (χ0v) is 17.9. The average Bonchev–Trinajstić information content (AvgIpc) is 3.07. The van der Waals surface area contributed by atoms with Crippen molar-refractivity contribution in [2.45, 2.75) is 83.5 Å². The van der Waals surface area contributed by atoms with Crippen LogP contribution in [0, 0.1) is 19.8 Å². The molecule has 1 aromatic rings. The molecular weight excluding hydrogens is 388 g/mol. The van der Waals surface area contributed by atoms with Crippen molar-refractivity contribution in [2.75, 3.05) is 18.5 Å². The first kappa shape index (κ1) is 22.6. The molecule has 9 nitrogen and oxygen atoms in total. The Kier molecular flexibility index (Phi) is 8.09. The van der Waals surface area contributed by atoms with E-state index in [1.807, 2.05) is 0 Å². The lowest BCUT2D eigenvalue weighted by atomic mass is 9.88. The van der Waals surface area contributed by atoms with Gasteiger partial charge in [0.15, 0.2) is 5.76 Å². The summed E-state index contributed by atoms with van der Waals surface area (Å²) in [7, 11) is 0. The highest BCUT2D eigenvalue weighted by molar-refractivity contribution is 5.90. The molecule has 168 valence electrons. The highest BCUT2D eigenvalue weighted by Gasteiger charge is 2.32. The van der Waals surface area contributed by atoms with Gasteiger partial charge in [-0.2, -0.15) is 0 Å². The minimum atomic E-state index is -0.479. The van der Waals surface area contributed by atoms with Gasteiger partial charge in [-0.15, -0.1) is 0 Å². The average molecular weight is 423 g/mol. The van der Waals surface area contributed by atoms with Gasteiger partial charge < -0.3 is 30.3 Å². The van der Waals surface area contributed by atoms with Crippen molar-refractivity contribution >= 4 is 17.6 Å². The number of ether oxygens (including phenoxy) is 1. The number of hydrogen-bond acceptors (Lipinski definition) is 6. The number of carbonyl (C=O) groups is 2. The summed E-state index contributed by atoms with van der Waals surface area (Å²) in [6.45, 7) is 3.88. The third-order valence-electron chi connectivity index (χ3n) is 6.13. The third kappa shape index (κ3) is 5.95. The quantitative estimate of drug-likeness (QED) is 0.535. The maximum Gasteiger partial charge on any atom is 0.319 e. The molecule has 0 unspecified atom stereocenters. The Bertz CT molecular complexity index is 697. The van der Waals surface area contributed by atoms with Crippen LogP contribution in [0.25, 0.3) is 0 Å². The van der Waals surface area contributed by atoms with Gasteiger partial charge in [0.25, 0.3) is 0 Å². The Morgan fingerprint density at radius 2 is 1.90 bits per heavy atom. The lowest BCUT2D eigenvalue weighted by Crippen LogP contribution is -2.52. The van der Waals surface area contributed by atoms with E-state index >= 15 is 0 Å². The first-order valence-electron chi connectivity index (χ1n) is 11.0. The lowest BCUT2D eigenvalue weighted by Gasteiger charge is -2.36. The Labute approximate surface area is 177 Å². The summed E-state index contributed by atoms with van der Waals surface area (Å²) in [6.07, 6.45) is 7.11. The molecule has 1 saturated heterocycles. The van der Waals surface area contributed by atoms with Gasteiger partial charge in [0.05, 0.1) is 18.8 Å². The maximum absolute atomic E-state index is 12.3. The Balaban J connectivity index is 1.40. The normalized spacial score (nSPS) is 25.0. The van der Waals surface area contributed by atoms with Crippen molar-refractivity contribution in [1.82, 2.24) is 15.8 Å². The SMILES string of the molecule is Cc1noc(C)c1NC(=O)N[C@@H]1CC[C@H](CCNC(=O)C2CCCCC2)O[C@H]1CO. The summed E-state index contributed by atoms with van der Waals surface area (Å²) in [5, 5.41) is 22.2. The van der Waals surface area contributed by atoms with Crippen molar-refractivity contribution in [3.63, 3.8) is 0 Å². The van der Waals surface area contributed by atoms with E-state index in [2.05, 4.69) is 21.1 Å². The van der Waals surface area contributed by atoms with Crippen molar-refractivity contribution in [3.05, 3.63) is 11.5 Å². The van der Waals surface area contributed by atoms with Crippen LogP contribution in [0.4, 0.5) is 10.5 Å². The molecule has 3 rings (SSSR count). The fraction of sp³-hybridized carbons (Fsp3) is 0.762. The van der Waals surface area contributed by atoms with Gasteiger partial charge in [-0.25, -0.2) is 4.79 Å². The van der Waals surface area contributed by atoms with Gasteiger partial charge in [-0.05, 0) is 46.0 Å². The molecule has 3 atom stereocenters. The van der Waals surface area contributed by atoms with E-state index in [0.29, 0.717) is 36.5 Å². The number of urea groups is 1. The largest absolute Gasteiger partial charge is 0.394 e. The molecule has 30 heavy (non-hydrogen) atoms. The van der Waals surface area contributed by atoms with Crippen molar-refractivity contribution in [1.29, 1.82) is 0 Å². The lowest BCUT2D eigenvalue weighted by molar-refractivity contribution is -0.126. The summed E-state index contributed by atoms with van der Waals surface area (Å²) in [6, 6.07) is -0.668. The maximum atomic E-state index is 12.3. The highest BCUT2D eigenvalue weighted by atomic mass is 16.5. The fourth-order valence-electron chi connectivity index (χ4n) is 4.35. The molecule has 0 radical (unpaired) electrons. The summed E-state index contributed by atoms with van der Waals surface area (Å²) in [5.74, 6) is 0.845. The molecule has 1 aromatic heterocycles. The second kappa shape index (κ2) is 10.8. The Morgan fingerprint density at radius 3 is 2.57 bits per heavy atom. The van der Waals surface area contributed by atoms with E-state index in [1.165, 1.54) is 6.42 Å². The van der Waals surface area contributed by atoms with Crippen LogP contribution in [0.5, 0.6) is 0 Å². The number of rotatable bonds is 7. The minimum Gasteiger partial charge on any atom is -0.394 e. The third-order valence-corrected chi connectivity index (χ3v) is 6.13. The molecule has 0 bridgehead atoms. The number of amides is 3. The fourth-order valence-corrected chi connectivity index (χ4v) is 4.35. The van der Waals surface area contributed by atoms with E-state index in [-0.39, 0.29) is 36.6 Å². The van der Waals surface area contributed by atoms with Crippen LogP contribution in [0.2, 0.25) is 0 Å². The predicted molar refractivity (Wildman–Crippen MR) is 111 cm³/mol. The van der Waals surface area contributed by atoms with Crippen molar-refractivity contribution in [3.8, 4) is 0 Å². The Hall–Kier alpha value is -2.13. The second-order valence-electron chi connectivity index (χ2n) is 8.38. The van der Waals surface area contributed by atoms with Crippen LogP contribution in [-0.4, -0.2) is 53.6 Å². The molecule has 3 amide bonds. The van der Waals surface area contributed by atoms with Gasteiger partial charge in [0.1, 0.15) is 17.5 Å². The summed E-state index contributed by atoms with van der Waals surface area (Å²) in [4.78, 5) is 24.6. The molecule has 4 N–H and O–H groups in total. The van der Waals surface area contributed by atoms with Crippen molar-refractivity contribution < 1.29 is 24.0 Å². The second-order valence-corrected chi connectivity index (χ2v) is 8.38. The summed E-state index contributed by atoms with van der Waals surface area (Å²) >= 11 is 0. The van der Waals surface area contributed by atoms with Gasteiger partial charge in [-0.1, -0.05) is 24.4 Å². The number of nitrogens with one attached hydrogen (secondary N) is 3. The number of aryl methyl sites for hydroxylation is 2. The molecule has 9 heteroatoms. The van der Waals surface area contributed by atoms with E-state index in [1.54, 1.807) is 13.8 Å². The standard InChI is InChI=1S/C21H34N4O5/c1-13-19(14(2)30-25-13)24-21(28)23-17-9-8-16(29-18(17)12-26)10-11-22-20(27)15-6-4-3-5-7-15/h15-18,26H,3-12H2,1-2H3,(H,22,27)(H2,23,24,28)/t16-,17-,18+/m1/s1. The van der Waals surface area contributed by atoms with E-state index in [4.69, 9.17) is 9.26 Å². The zero-order chi connectivity index (χ0) is 21.5. The molecule has 2 heterocycles. The number of aliphatic hydroxyl groups excluding tert-OH is 1. The first-order chi connectivity index (χ1) is 14.5. The zero-order valence-electron chi connectivity index (χ0n) is 17.9. The first-order valence-corrected chi connectivity index (χ1v) is 11.0. The monoisotopic (exact) mass is 422 g/mol. The summed E-state index contributed by atoms with van der Waals surface area (Å²) < 4.78 is 11.0. The minimum absolute atomic E-state index is 0.0440. The molecular formula is C21H34N4O5. The number of carbonyl (C=O) groups excluding carboxylic acids is 2. The van der Waals surface area contributed by atoms with Crippen molar-refractivity contribution in [2.24, 2.45) is 5.92 Å². The molecule has 2 aliphatic rings. The van der Waals surface area contributed by atoms with Crippen LogP contribution < -0.4 is 16.0 Å². The topological polar surface area (TPSA) is 126 Å². The molecule has 0 aromatic carbocycles. The molecule has 2 fully saturated rings. The molecule has 1 saturated carbocycles. The number of aliphatic hydroxyl groups is 1. The van der Waals surface area contributed by atoms with Crippen LogP contribution in [0.1, 0.15) is 62.8 Å². The van der Waals surface area contributed by atoms with Gasteiger partial charge >= 0.3 is 6.03 Å². The summed E-state index contributed by atoms with van der Waals surface area (Å²) in [5.41, 5.74) is 1.16. The number of aromatic nitrogens is 1. The predicted octanol–water partition coefficient (Wildman–Crippen LogP) is 2.41. The van der Waals surface area contributed by atoms with Gasteiger partial charge in [-0.3, -0.25) is 4.79 Å². The molecule has 1 aliphatic heterocycles.